The van der Waals surface area contributed by atoms with Crippen LogP contribution in [0.5, 0.6) is 0 Å². The number of carbonyl (C=O) groups excluding carboxylic acids is 1. The van der Waals surface area contributed by atoms with Crippen molar-refractivity contribution < 1.29 is 4.79 Å². The van der Waals surface area contributed by atoms with Gasteiger partial charge in [-0.1, -0.05) is 23.7 Å². The zero-order valence-corrected chi connectivity index (χ0v) is 10.9. The molecule has 0 fully saturated rings. The molecule has 2 rings (SSSR count). The SMILES string of the molecule is CC(=O)c1ccc(NCc2ccc(Cl)cc2)cc1. The second-order valence-corrected chi connectivity index (χ2v) is 4.55. The molecule has 2 nitrogen and oxygen atoms in total. The zero-order valence-electron chi connectivity index (χ0n) is 10.1. The number of hydrogen-bond acceptors (Lipinski definition) is 2. The van der Waals surface area contributed by atoms with Crippen LogP contribution in [0.2, 0.25) is 5.02 Å². The highest BCUT2D eigenvalue weighted by Gasteiger charge is 1.99. The highest BCUT2D eigenvalue weighted by atomic mass is 35.5. The number of anilines is 1. The molecule has 0 amide bonds. The molecule has 0 aliphatic rings. The van der Waals surface area contributed by atoms with E-state index in [2.05, 4.69) is 5.32 Å². The van der Waals surface area contributed by atoms with Gasteiger partial charge in [0.2, 0.25) is 0 Å². The molecule has 0 atom stereocenters. The van der Waals surface area contributed by atoms with Gasteiger partial charge in [-0.05, 0) is 48.9 Å². The van der Waals surface area contributed by atoms with E-state index in [1.807, 2.05) is 48.5 Å². The van der Waals surface area contributed by atoms with Gasteiger partial charge in [-0.2, -0.15) is 0 Å². The van der Waals surface area contributed by atoms with Crippen LogP contribution in [0.4, 0.5) is 5.69 Å². The van der Waals surface area contributed by atoms with E-state index >= 15 is 0 Å². The van der Waals surface area contributed by atoms with E-state index in [4.69, 9.17) is 11.6 Å². The fourth-order valence-electron chi connectivity index (χ4n) is 1.63. The molecule has 0 spiro atoms. The van der Waals surface area contributed by atoms with Crippen molar-refractivity contribution in [3.8, 4) is 0 Å². The van der Waals surface area contributed by atoms with E-state index in [9.17, 15) is 4.79 Å². The van der Waals surface area contributed by atoms with Crippen molar-refractivity contribution >= 4 is 23.1 Å². The molecule has 18 heavy (non-hydrogen) atoms. The van der Waals surface area contributed by atoms with E-state index in [-0.39, 0.29) is 5.78 Å². The Bertz CT molecular complexity index is 531. The fraction of sp³-hybridized carbons (Fsp3) is 0.133. The van der Waals surface area contributed by atoms with Crippen molar-refractivity contribution in [2.45, 2.75) is 13.5 Å². The van der Waals surface area contributed by atoms with E-state index in [0.29, 0.717) is 0 Å². The van der Waals surface area contributed by atoms with Crippen molar-refractivity contribution in [1.82, 2.24) is 0 Å². The lowest BCUT2D eigenvalue weighted by Crippen LogP contribution is -1.99. The van der Waals surface area contributed by atoms with Gasteiger partial charge < -0.3 is 5.32 Å². The summed E-state index contributed by atoms with van der Waals surface area (Å²) in [5.41, 5.74) is 2.89. The molecular formula is C15H14ClNO. The van der Waals surface area contributed by atoms with Crippen molar-refractivity contribution in [2.24, 2.45) is 0 Å². The molecule has 0 aromatic heterocycles. The zero-order chi connectivity index (χ0) is 13.0. The molecule has 3 heteroatoms. The lowest BCUT2D eigenvalue weighted by Gasteiger charge is -2.07. The summed E-state index contributed by atoms with van der Waals surface area (Å²) in [5, 5.41) is 4.03. The molecular weight excluding hydrogens is 246 g/mol. The molecule has 1 N–H and O–H groups in total. The smallest absolute Gasteiger partial charge is 0.159 e. The van der Waals surface area contributed by atoms with Gasteiger partial charge in [0.25, 0.3) is 0 Å². The minimum Gasteiger partial charge on any atom is -0.381 e. The highest BCUT2D eigenvalue weighted by molar-refractivity contribution is 6.30. The Kier molecular flexibility index (Phi) is 4.00. The second kappa shape index (κ2) is 5.69. The van der Waals surface area contributed by atoms with Gasteiger partial charge in [-0.3, -0.25) is 4.79 Å². The van der Waals surface area contributed by atoms with Gasteiger partial charge in [-0.15, -0.1) is 0 Å². The average Bonchev–Trinajstić information content (AvgIpc) is 2.38. The molecule has 2 aromatic carbocycles. The van der Waals surface area contributed by atoms with E-state index in [1.54, 1.807) is 6.92 Å². The van der Waals surface area contributed by atoms with Crippen LogP contribution in [-0.4, -0.2) is 5.78 Å². The minimum atomic E-state index is 0.0826. The number of Topliss-reactive ketones (excluding diaryl/α,β-unsaturated/α-hetero) is 1. The first-order valence-electron chi connectivity index (χ1n) is 5.74. The third-order valence-electron chi connectivity index (χ3n) is 2.70. The maximum atomic E-state index is 11.1. The van der Waals surface area contributed by atoms with Crippen LogP contribution in [0.3, 0.4) is 0 Å². The predicted molar refractivity (Wildman–Crippen MR) is 75.2 cm³/mol. The maximum absolute atomic E-state index is 11.1. The Morgan fingerprint density at radius 2 is 1.67 bits per heavy atom. The average molecular weight is 260 g/mol. The number of hydrogen-bond donors (Lipinski definition) is 1. The number of nitrogens with one attached hydrogen (secondary N) is 1. The van der Waals surface area contributed by atoms with Crippen LogP contribution in [-0.2, 0) is 6.54 Å². The number of halogens is 1. The number of rotatable bonds is 4. The van der Waals surface area contributed by atoms with Crippen LogP contribution in [0, 0.1) is 0 Å². The first-order valence-corrected chi connectivity index (χ1v) is 6.12. The summed E-state index contributed by atoms with van der Waals surface area (Å²) in [6, 6.07) is 15.2. The minimum absolute atomic E-state index is 0.0826. The number of ketones is 1. The maximum Gasteiger partial charge on any atom is 0.159 e. The first kappa shape index (κ1) is 12.7. The van der Waals surface area contributed by atoms with E-state index < -0.39 is 0 Å². The highest BCUT2D eigenvalue weighted by Crippen LogP contribution is 2.13. The molecule has 0 saturated carbocycles. The van der Waals surface area contributed by atoms with Crippen LogP contribution in [0.25, 0.3) is 0 Å². The third-order valence-corrected chi connectivity index (χ3v) is 2.95. The first-order chi connectivity index (χ1) is 8.65. The Balaban J connectivity index is 1.97. The summed E-state index contributed by atoms with van der Waals surface area (Å²) in [7, 11) is 0. The lowest BCUT2D eigenvalue weighted by molar-refractivity contribution is 0.101. The van der Waals surface area contributed by atoms with Crippen LogP contribution < -0.4 is 5.32 Å². The summed E-state index contributed by atoms with van der Waals surface area (Å²) in [5.74, 6) is 0.0826. The monoisotopic (exact) mass is 259 g/mol. The molecule has 0 bridgehead atoms. The van der Waals surface area contributed by atoms with E-state index in [1.165, 1.54) is 0 Å². The number of carbonyl (C=O) groups is 1. The summed E-state index contributed by atoms with van der Waals surface area (Å²) < 4.78 is 0. The van der Waals surface area contributed by atoms with Gasteiger partial charge in [0.15, 0.2) is 5.78 Å². The fourth-order valence-corrected chi connectivity index (χ4v) is 1.76. The Morgan fingerprint density at radius 3 is 2.22 bits per heavy atom. The molecule has 0 unspecified atom stereocenters. The van der Waals surface area contributed by atoms with Crippen molar-refractivity contribution in [2.75, 3.05) is 5.32 Å². The Morgan fingerprint density at radius 1 is 1.06 bits per heavy atom. The quantitative estimate of drug-likeness (QED) is 0.836. The van der Waals surface area contributed by atoms with Gasteiger partial charge >= 0.3 is 0 Å². The molecule has 2 aromatic rings. The lowest BCUT2D eigenvalue weighted by atomic mass is 10.1. The molecule has 0 aliphatic carbocycles. The summed E-state index contributed by atoms with van der Waals surface area (Å²) in [6.45, 7) is 2.30. The van der Waals surface area contributed by atoms with Gasteiger partial charge in [0.05, 0.1) is 0 Å². The molecule has 0 saturated heterocycles. The van der Waals surface area contributed by atoms with Crippen LogP contribution in [0.15, 0.2) is 48.5 Å². The van der Waals surface area contributed by atoms with Crippen molar-refractivity contribution in [1.29, 1.82) is 0 Å². The van der Waals surface area contributed by atoms with Gasteiger partial charge in [-0.25, -0.2) is 0 Å². The van der Waals surface area contributed by atoms with Gasteiger partial charge in [0.1, 0.15) is 0 Å². The Hall–Kier alpha value is -1.80. The van der Waals surface area contributed by atoms with Crippen LogP contribution >= 0.6 is 11.6 Å². The molecule has 92 valence electrons. The van der Waals surface area contributed by atoms with Gasteiger partial charge in [0, 0.05) is 22.8 Å². The van der Waals surface area contributed by atoms with Crippen LogP contribution in [0.1, 0.15) is 22.8 Å². The third kappa shape index (κ3) is 3.34. The molecule has 0 heterocycles. The summed E-state index contributed by atoms with van der Waals surface area (Å²) in [6.07, 6.45) is 0. The molecule has 0 radical (unpaired) electrons. The van der Waals surface area contributed by atoms with Crippen molar-refractivity contribution in [3.63, 3.8) is 0 Å². The Labute approximate surface area is 112 Å². The predicted octanol–water partition coefficient (Wildman–Crippen LogP) is 4.15. The number of benzene rings is 2. The summed E-state index contributed by atoms with van der Waals surface area (Å²) >= 11 is 5.82. The topological polar surface area (TPSA) is 29.1 Å². The second-order valence-electron chi connectivity index (χ2n) is 4.11. The standard InChI is InChI=1S/C15H14ClNO/c1-11(18)13-4-8-15(9-5-13)17-10-12-2-6-14(16)7-3-12/h2-9,17H,10H2,1H3. The van der Waals surface area contributed by atoms with E-state index in [0.717, 1.165) is 28.4 Å². The van der Waals surface area contributed by atoms with Crippen molar-refractivity contribution in [3.05, 3.63) is 64.7 Å². The summed E-state index contributed by atoms with van der Waals surface area (Å²) in [4.78, 5) is 11.1. The largest absolute Gasteiger partial charge is 0.381 e. The molecule has 0 aliphatic heterocycles. The normalized spacial score (nSPS) is 10.1.